The molecule has 2 atom stereocenters. The highest BCUT2D eigenvalue weighted by Crippen LogP contribution is 2.35. The molecule has 0 aromatic heterocycles. The van der Waals surface area contributed by atoms with E-state index in [1.807, 2.05) is 0 Å². The Morgan fingerprint density at radius 3 is 2.47 bits per heavy atom. The molecule has 1 fully saturated rings. The molecule has 1 saturated carbocycles. The molecule has 1 aliphatic carbocycles. The predicted octanol–water partition coefficient (Wildman–Crippen LogP) is 3.30. The van der Waals surface area contributed by atoms with Gasteiger partial charge in [-0.15, -0.1) is 0 Å². The van der Waals surface area contributed by atoms with Crippen molar-refractivity contribution in [2.75, 3.05) is 12.4 Å². The zero-order valence-electron chi connectivity index (χ0n) is 12.5. The van der Waals surface area contributed by atoms with E-state index in [0.29, 0.717) is 6.04 Å². The van der Waals surface area contributed by atoms with Crippen LogP contribution in [0.15, 0.2) is 6.07 Å². The van der Waals surface area contributed by atoms with Gasteiger partial charge in [-0.2, -0.15) is 0 Å². The van der Waals surface area contributed by atoms with E-state index < -0.39 is 0 Å². The van der Waals surface area contributed by atoms with Gasteiger partial charge in [-0.3, -0.25) is 0 Å². The number of methoxy groups -OCH3 is 1. The van der Waals surface area contributed by atoms with E-state index >= 15 is 0 Å². The zero-order valence-corrected chi connectivity index (χ0v) is 12.5. The molecule has 0 saturated heterocycles. The molecule has 2 rings (SSSR count). The van der Waals surface area contributed by atoms with Crippen molar-refractivity contribution >= 4 is 5.69 Å². The second-order valence-corrected chi connectivity index (χ2v) is 5.74. The number of nitrogens with two attached hydrogens (primary N) is 1. The summed E-state index contributed by atoms with van der Waals surface area (Å²) in [6, 6.07) is 2.83. The summed E-state index contributed by atoms with van der Waals surface area (Å²) in [5.74, 6) is 0.968. The number of nitrogens with one attached hydrogen (secondary N) is 1. The van der Waals surface area contributed by atoms with Crippen LogP contribution in [0.4, 0.5) is 5.69 Å². The maximum absolute atomic E-state index is 6.23. The number of ether oxygens (including phenoxy) is 1. The second-order valence-electron chi connectivity index (χ2n) is 5.74. The summed E-state index contributed by atoms with van der Waals surface area (Å²) in [5, 5.41) is 3.64. The Balaban J connectivity index is 2.31. The van der Waals surface area contributed by atoms with Crippen LogP contribution in [-0.2, 0) is 0 Å². The smallest absolute Gasteiger partial charge is 0.145 e. The van der Waals surface area contributed by atoms with Crippen molar-refractivity contribution in [1.82, 2.24) is 0 Å². The fraction of sp³-hybridized carbons (Fsp3) is 0.625. The number of anilines is 1. The van der Waals surface area contributed by atoms with Crippen molar-refractivity contribution in [2.45, 2.75) is 58.5 Å². The minimum Gasteiger partial charge on any atom is -0.494 e. The standard InChI is InChI=1S/C16H26N2O/c1-10-9-11(2)15(16(19-4)12(10)3)18-14-8-6-5-7-13(14)17/h9,13-14,18H,5-8,17H2,1-4H3. The number of hydrogen-bond acceptors (Lipinski definition) is 3. The maximum Gasteiger partial charge on any atom is 0.145 e. The van der Waals surface area contributed by atoms with Gasteiger partial charge in [0.25, 0.3) is 0 Å². The summed E-state index contributed by atoms with van der Waals surface area (Å²) >= 11 is 0. The predicted molar refractivity (Wildman–Crippen MR) is 81.1 cm³/mol. The van der Waals surface area contributed by atoms with Gasteiger partial charge in [0.1, 0.15) is 5.75 Å². The molecule has 0 spiro atoms. The summed E-state index contributed by atoms with van der Waals surface area (Å²) in [6.45, 7) is 6.37. The first-order chi connectivity index (χ1) is 9.04. The van der Waals surface area contributed by atoms with Crippen molar-refractivity contribution in [3.8, 4) is 5.75 Å². The lowest BCUT2D eigenvalue weighted by Crippen LogP contribution is -2.42. The first kappa shape index (κ1) is 14.2. The van der Waals surface area contributed by atoms with Crippen LogP contribution in [0.3, 0.4) is 0 Å². The highest BCUT2D eigenvalue weighted by atomic mass is 16.5. The highest BCUT2D eigenvalue weighted by Gasteiger charge is 2.23. The Hall–Kier alpha value is -1.22. The van der Waals surface area contributed by atoms with Gasteiger partial charge < -0.3 is 15.8 Å². The number of rotatable bonds is 3. The molecule has 3 N–H and O–H groups in total. The van der Waals surface area contributed by atoms with Gasteiger partial charge in [0.05, 0.1) is 12.8 Å². The average molecular weight is 262 g/mol. The Morgan fingerprint density at radius 2 is 1.84 bits per heavy atom. The van der Waals surface area contributed by atoms with Crippen LogP contribution in [0.5, 0.6) is 5.75 Å². The van der Waals surface area contributed by atoms with Gasteiger partial charge in [-0.1, -0.05) is 18.9 Å². The Labute approximate surface area is 116 Å². The van der Waals surface area contributed by atoms with Crippen LogP contribution in [-0.4, -0.2) is 19.2 Å². The monoisotopic (exact) mass is 262 g/mol. The van der Waals surface area contributed by atoms with Crippen molar-refractivity contribution in [3.05, 3.63) is 22.8 Å². The molecule has 106 valence electrons. The molecule has 0 bridgehead atoms. The SMILES string of the molecule is COc1c(C)c(C)cc(C)c1NC1CCCCC1N. The first-order valence-corrected chi connectivity index (χ1v) is 7.21. The molecule has 2 unspecified atom stereocenters. The largest absolute Gasteiger partial charge is 0.494 e. The van der Waals surface area contributed by atoms with Crippen LogP contribution in [0.1, 0.15) is 42.4 Å². The quantitative estimate of drug-likeness (QED) is 0.878. The topological polar surface area (TPSA) is 47.3 Å². The third kappa shape index (κ3) is 2.86. The molecule has 1 aromatic carbocycles. The minimum absolute atomic E-state index is 0.250. The van der Waals surface area contributed by atoms with E-state index in [-0.39, 0.29) is 6.04 Å². The van der Waals surface area contributed by atoms with Gasteiger partial charge >= 0.3 is 0 Å². The van der Waals surface area contributed by atoms with Gasteiger partial charge in [0.2, 0.25) is 0 Å². The molecule has 19 heavy (non-hydrogen) atoms. The molecule has 0 aliphatic heterocycles. The number of hydrogen-bond donors (Lipinski definition) is 2. The third-order valence-corrected chi connectivity index (χ3v) is 4.34. The summed E-state index contributed by atoms with van der Waals surface area (Å²) in [4.78, 5) is 0. The van der Waals surface area contributed by atoms with Gasteiger partial charge in [0, 0.05) is 12.1 Å². The van der Waals surface area contributed by atoms with Crippen LogP contribution in [0, 0.1) is 20.8 Å². The lowest BCUT2D eigenvalue weighted by molar-refractivity contribution is 0.394. The molecule has 1 aromatic rings. The number of benzene rings is 1. The normalized spacial score (nSPS) is 23.2. The van der Waals surface area contributed by atoms with Gasteiger partial charge in [-0.25, -0.2) is 0 Å². The van der Waals surface area contributed by atoms with Gasteiger partial charge in [-0.05, 0) is 50.3 Å². The van der Waals surface area contributed by atoms with E-state index in [1.165, 1.54) is 29.5 Å². The maximum atomic E-state index is 6.23. The van der Waals surface area contributed by atoms with E-state index in [2.05, 4.69) is 32.2 Å². The van der Waals surface area contributed by atoms with E-state index in [0.717, 1.165) is 24.3 Å². The Kier molecular flexibility index (Phi) is 4.35. The molecule has 0 heterocycles. The summed E-state index contributed by atoms with van der Waals surface area (Å²) in [5.41, 5.74) is 11.1. The zero-order chi connectivity index (χ0) is 14.0. The van der Waals surface area contributed by atoms with E-state index in [9.17, 15) is 0 Å². The molecular weight excluding hydrogens is 236 g/mol. The van der Waals surface area contributed by atoms with Crippen LogP contribution in [0.25, 0.3) is 0 Å². The first-order valence-electron chi connectivity index (χ1n) is 7.21. The molecular formula is C16H26N2O. The second kappa shape index (κ2) is 5.83. The van der Waals surface area contributed by atoms with Gasteiger partial charge in [0.15, 0.2) is 0 Å². The van der Waals surface area contributed by atoms with Crippen molar-refractivity contribution in [2.24, 2.45) is 5.73 Å². The average Bonchev–Trinajstić information content (AvgIpc) is 2.38. The lowest BCUT2D eigenvalue weighted by Gasteiger charge is -2.31. The molecule has 0 amide bonds. The number of aryl methyl sites for hydroxylation is 2. The van der Waals surface area contributed by atoms with Crippen LogP contribution in [0.2, 0.25) is 0 Å². The highest BCUT2D eigenvalue weighted by molar-refractivity contribution is 5.67. The fourth-order valence-corrected chi connectivity index (χ4v) is 3.01. The summed E-state index contributed by atoms with van der Waals surface area (Å²) in [6.07, 6.45) is 4.78. The van der Waals surface area contributed by atoms with Crippen molar-refractivity contribution < 1.29 is 4.74 Å². The van der Waals surface area contributed by atoms with Crippen LogP contribution >= 0.6 is 0 Å². The fourth-order valence-electron chi connectivity index (χ4n) is 3.01. The van der Waals surface area contributed by atoms with Crippen molar-refractivity contribution in [1.29, 1.82) is 0 Å². The third-order valence-electron chi connectivity index (χ3n) is 4.34. The molecule has 1 aliphatic rings. The van der Waals surface area contributed by atoms with Crippen LogP contribution < -0.4 is 15.8 Å². The minimum atomic E-state index is 0.250. The molecule has 0 radical (unpaired) electrons. The summed E-state index contributed by atoms with van der Waals surface area (Å²) < 4.78 is 5.61. The molecule has 3 heteroatoms. The van der Waals surface area contributed by atoms with Crippen molar-refractivity contribution in [3.63, 3.8) is 0 Å². The molecule has 3 nitrogen and oxygen atoms in total. The van der Waals surface area contributed by atoms with E-state index in [1.54, 1.807) is 7.11 Å². The Morgan fingerprint density at radius 1 is 1.16 bits per heavy atom. The lowest BCUT2D eigenvalue weighted by atomic mass is 9.90. The Bertz CT molecular complexity index is 457. The van der Waals surface area contributed by atoms with E-state index in [4.69, 9.17) is 10.5 Å². The summed E-state index contributed by atoms with van der Waals surface area (Å²) in [7, 11) is 1.74.